The van der Waals surface area contributed by atoms with E-state index < -0.39 is 0 Å². The number of hydrogen-bond donors (Lipinski definition) is 0. The zero-order chi connectivity index (χ0) is 26.7. The second-order valence-corrected chi connectivity index (χ2v) is 11.8. The number of fused-ring (bicyclic) bond motifs is 3. The third kappa shape index (κ3) is 7.67. The first-order valence-electron chi connectivity index (χ1n) is 14.7. The first-order chi connectivity index (χ1) is 18.6. The molecule has 0 aliphatic carbocycles. The highest BCUT2D eigenvalue weighted by atomic mass is 32.1. The molecule has 0 N–H and O–H groups in total. The van der Waals surface area contributed by atoms with Gasteiger partial charge in [-0.2, -0.15) is 0 Å². The number of thiophene rings is 1. The normalized spacial score (nSPS) is 14.9. The molecule has 1 unspecified atom stereocenters. The Morgan fingerprint density at radius 2 is 1.68 bits per heavy atom. The molecule has 7 heteroatoms. The SMILES string of the molecule is CCCCCCCCCCCc1nnc2n1-c1sc(CC)cc1C(c1ccc(OCCN(C)C)cc1)OC2. The van der Waals surface area contributed by atoms with Crippen LogP contribution in [0.15, 0.2) is 30.3 Å². The molecule has 6 nitrogen and oxygen atoms in total. The smallest absolute Gasteiger partial charge is 0.164 e. The standard InChI is InChI=1S/C31H46N4O2S/c1-5-7-8-9-10-11-12-13-14-15-28-32-33-29-23-37-30(27-22-26(6-2)38-31(27)35(28)29)24-16-18-25(19-17-24)36-21-20-34(3)4/h16-19,22,30H,5-15,20-21,23H2,1-4H3. The van der Waals surface area contributed by atoms with E-state index in [1.807, 2.05) is 11.3 Å². The van der Waals surface area contributed by atoms with Crippen molar-refractivity contribution in [3.63, 3.8) is 0 Å². The van der Waals surface area contributed by atoms with Crippen molar-refractivity contribution in [1.29, 1.82) is 0 Å². The molecule has 2 aromatic heterocycles. The van der Waals surface area contributed by atoms with Gasteiger partial charge in [-0.05, 0) is 50.7 Å². The number of unbranched alkanes of at least 4 members (excludes halogenated alkanes) is 8. The Kier molecular flexibility index (Phi) is 11.2. The summed E-state index contributed by atoms with van der Waals surface area (Å²) in [6, 6.07) is 10.7. The fourth-order valence-corrected chi connectivity index (χ4v) is 6.19. The van der Waals surface area contributed by atoms with Crippen LogP contribution in [0, 0.1) is 0 Å². The lowest BCUT2D eigenvalue weighted by molar-refractivity contribution is 0.0655. The minimum Gasteiger partial charge on any atom is -0.492 e. The van der Waals surface area contributed by atoms with Crippen LogP contribution >= 0.6 is 11.3 Å². The van der Waals surface area contributed by atoms with Gasteiger partial charge in [-0.15, -0.1) is 21.5 Å². The lowest BCUT2D eigenvalue weighted by atomic mass is 10.0. The molecule has 38 heavy (non-hydrogen) atoms. The maximum absolute atomic E-state index is 6.50. The highest BCUT2D eigenvalue weighted by Crippen LogP contribution is 2.40. The summed E-state index contributed by atoms with van der Waals surface area (Å²) >= 11 is 1.86. The Balaban J connectivity index is 1.43. The summed E-state index contributed by atoms with van der Waals surface area (Å²) in [4.78, 5) is 3.49. The van der Waals surface area contributed by atoms with Crippen molar-refractivity contribution in [2.75, 3.05) is 27.2 Å². The van der Waals surface area contributed by atoms with Crippen molar-refractivity contribution >= 4 is 11.3 Å². The van der Waals surface area contributed by atoms with Crippen LogP contribution in [0.2, 0.25) is 0 Å². The second kappa shape index (κ2) is 14.8. The number of rotatable bonds is 16. The first-order valence-corrected chi connectivity index (χ1v) is 15.5. The number of ether oxygens (including phenoxy) is 2. The monoisotopic (exact) mass is 538 g/mol. The van der Waals surface area contributed by atoms with Crippen molar-refractivity contribution < 1.29 is 9.47 Å². The first kappa shape index (κ1) is 28.8. The van der Waals surface area contributed by atoms with Crippen LogP contribution in [-0.4, -0.2) is 46.9 Å². The van der Waals surface area contributed by atoms with E-state index in [-0.39, 0.29) is 6.10 Å². The van der Waals surface area contributed by atoms with E-state index in [9.17, 15) is 0 Å². The molecule has 1 aliphatic rings. The summed E-state index contributed by atoms with van der Waals surface area (Å²) in [6.07, 6.45) is 13.8. The van der Waals surface area contributed by atoms with Gasteiger partial charge in [0, 0.05) is 23.4 Å². The predicted molar refractivity (Wildman–Crippen MR) is 157 cm³/mol. The third-order valence-corrected chi connectivity index (χ3v) is 8.58. The molecule has 0 fully saturated rings. The van der Waals surface area contributed by atoms with Crippen LogP contribution < -0.4 is 4.74 Å². The third-order valence-electron chi connectivity index (χ3n) is 7.30. The molecule has 0 bridgehead atoms. The number of aromatic nitrogens is 3. The predicted octanol–water partition coefficient (Wildman–Crippen LogP) is 7.52. The lowest BCUT2D eigenvalue weighted by Crippen LogP contribution is -2.19. The van der Waals surface area contributed by atoms with Crippen LogP contribution in [0.5, 0.6) is 5.75 Å². The molecule has 208 valence electrons. The molecule has 0 spiro atoms. The fourth-order valence-electron chi connectivity index (χ4n) is 5.03. The molecule has 3 heterocycles. The van der Waals surface area contributed by atoms with E-state index in [0.29, 0.717) is 13.2 Å². The molecule has 4 rings (SSSR count). The summed E-state index contributed by atoms with van der Waals surface area (Å²) in [7, 11) is 4.11. The summed E-state index contributed by atoms with van der Waals surface area (Å²) < 4.78 is 14.7. The van der Waals surface area contributed by atoms with E-state index in [4.69, 9.17) is 9.47 Å². The minimum absolute atomic E-state index is 0.125. The Hall–Kier alpha value is -2.22. The van der Waals surface area contributed by atoms with Crippen LogP contribution in [0.3, 0.4) is 0 Å². The number of aryl methyl sites for hydroxylation is 2. The Morgan fingerprint density at radius 3 is 2.37 bits per heavy atom. The van der Waals surface area contributed by atoms with Gasteiger partial charge in [-0.25, -0.2) is 0 Å². The molecule has 0 radical (unpaired) electrons. The molecular formula is C31H46N4O2S. The van der Waals surface area contributed by atoms with Crippen LogP contribution in [-0.2, 0) is 24.2 Å². The molecule has 1 aromatic carbocycles. The summed E-state index contributed by atoms with van der Waals surface area (Å²) in [5, 5.41) is 10.4. The molecule has 1 atom stereocenters. The van der Waals surface area contributed by atoms with E-state index >= 15 is 0 Å². The number of nitrogens with zero attached hydrogens (tertiary/aromatic N) is 4. The van der Waals surface area contributed by atoms with Gasteiger partial charge in [0.15, 0.2) is 5.82 Å². The van der Waals surface area contributed by atoms with Gasteiger partial charge in [0.2, 0.25) is 0 Å². The molecule has 0 saturated carbocycles. The summed E-state index contributed by atoms with van der Waals surface area (Å²) in [6.45, 7) is 6.53. The maximum Gasteiger partial charge on any atom is 0.164 e. The Labute approximate surface area is 233 Å². The second-order valence-electron chi connectivity index (χ2n) is 10.7. The van der Waals surface area contributed by atoms with Crippen molar-refractivity contribution in [1.82, 2.24) is 19.7 Å². The summed E-state index contributed by atoms with van der Waals surface area (Å²) in [5.74, 6) is 2.87. The van der Waals surface area contributed by atoms with Crippen LogP contribution in [0.1, 0.15) is 105 Å². The van der Waals surface area contributed by atoms with Crippen LogP contribution in [0.25, 0.3) is 5.00 Å². The van der Waals surface area contributed by atoms with Crippen LogP contribution in [0.4, 0.5) is 0 Å². The fraction of sp³-hybridized carbons (Fsp3) is 0.613. The van der Waals surface area contributed by atoms with Gasteiger partial charge in [0.05, 0.1) is 0 Å². The molecule has 1 aliphatic heterocycles. The quantitative estimate of drug-likeness (QED) is 0.177. The van der Waals surface area contributed by atoms with Crippen molar-refractivity contribution in [2.45, 2.75) is 97.2 Å². The van der Waals surface area contributed by atoms with Gasteiger partial charge < -0.3 is 14.4 Å². The largest absolute Gasteiger partial charge is 0.492 e. The van der Waals surface area contributed by atoms with Gasteiger partial charge >= 0.3 is 0 Å². The zero-order valence-electron chi connectivity index (χ0n) is 23.9. The van der Waals surface area contributed by atoms with Gasteiger partial charge in [-0.1, -0.05) is 77.3 Å². The van der Waals surface area contributed by atoms with E-state index in [1.54, 1.807) is 0 Å². The van der Waals surface area contributed by atoms with E-state index in [2.05, 4.69) is 77.9 Å². The highest BCUT2D eigenvalue weighted by Gasteiger charge is 2.29. The van der Waals surface area contributed by atoms with Gasteiger partial charge in [-0.3, -0.25) is 4.57 Å². The highest BCUT2D eigenvalue weighted by molar-refractivity contribution is 7.14. The van der Waals surface area contributed by atoms with Crippen molar-refractivity contribution in [2.24, 2.45) is 0 Å². The van der Waals surface area contributed by atoms with Crippen molar-refractivity contribution in [3.05, 3.63) is 58.0 Å². The molecule has 3 aromatic rings. The number of hydrogen-bond acceptors (Lipinski definition) is 6. The van der Waals surface area contributed by atoms with E-state index in [1.165, 1.54) is 66.8 Å². The average Bonchev–Trinajstić information content (AvgIpc) is 3.49. The average molecular weight is 539 g/mol. The molecule has 0 saturated heterocycles. The molecular weight excluding hydrogens is 492 g/mol. The van der Waals surface area contributed by atoms with Gasteiger partial charge in [0.25, 0.3) is 0 Å². The number of benzene rings is 1. The zero-order valence-corrected chi connectivity index (χ0v) is 24.7. The van der Waals surface area contributed by atoms with Crippen molar-refractivity contribution in [3.8, 4) is 10.8 Å². The molecule has 0 amide bonds. The maximum atomic E-state index is 6.50. The van der Waals surface area contributed by atoms with E-state index in [0.717, 1.165) is 48.8 Å². The Bertz CT molecular complexity index is 1110. The number of likely N-dealkylation sites (N-methyl/N-ethyl adjacent to an activating group) is 1. The van der Waals surface area contributed by atoms with Gasteiger partial charge in [0.1, 0.15) is 35.9 Å². The topological polar surface area (TPSA) is 52.4 Å². The summed E-state index contributed by atoms with van der Waals surface area (Å²) in [5.41, 5.74) is 2.37. The Morgan fingerprint density at radius 1 is 0.974 bits per heavy atom. The minimum atomic E-state index is -0.125. The lowest BCUT2D eigenvalue weighted by Gasteiger charge is -2.17.